The molecule has 0 aliphatic heterocycles. The quantitative estimate of drug-likeness (QED) is 0.671. The topological polar surface area (TPSA) is 61.7 Å². The molecule has 0 heterocycles. The summed E-state index contributed by atoms with van der Waals surface area (Å²) in [6, 6.07) is 12.5. The highest BCUT2D eigenvalue weighted by Gasteiger charge is 2.08. The van der Waals surface area contributed by atoms with Crippen molar-refractivity contribution in [1.29, 1.82) is 0 Å². The number of phenols is 1. The van der Waals surface area contributed by atoms with E-state index in [1.54, 1.807) is 49.4 Å². The molecule has 2 aromatic rings. The summed E-state index contributed by atoms with van der Waals surface area (Å²) in [7, 11) is 0. The highest BCUT2D eigenvalue weighted by Crippen LogP contribution is 2.15. The molecule has 0 atom stereocenters. The van der Waals surface area contributed by atoms with Gasteiger partial charge in [0.15, 0.2) is 0 Å². The maximum atomic E-state index is 13.4. The normalized spacial score (nSPS) is 11.6. The van der Waals surface area contributed by atoms with Gasteiger partial charge in [-0.2, -0.15) is 5.10 Å². The van der Waals surface area contributed by atoms with Crippen LogP contribution in [0.4, 0.5) is 4.39 Å². The van der Waals surface area contributed by atoms with Gasteiger partial charge in [-0.05, 0) is 31.2 Å². The van der Waals surface area contributed by atoms with Crippen molar-refractivity contribution in [3.63, 3.8) is 0 Å². The van der Waals surface area contributed by atoms with E-state index in [0.717, 1.165) is 0 Å². The molecule has 0 unspecified atom stereocenters. The number of halogens is 1. The molecule has 0 aromatic heterocycles. The minimum absolute atomic E-state index is 0.116. The number of nitrogens with zero attached hydrogens (tertiary/aromatic N) is 1. The number of para-hydroxylation sites is 1. The first kappa shape index (κ1) is 15.4. The smallest absolute Gasteiger partial charge is 0.275 e. The molecule has 5 heteroatoms. The maximum absolute atomic E-state index is 13.4. The molecule has 0 aliphatic carbocycles. The van der Waals surface area contributed by atoms with E-state index in [0.29, 0.717) is 11.3 Å². The number of carbonyl (C=O) groups excluding carboxylic acids is 1. The van der Waals surface area contributed by atoms with Gasteiger partial charge in [0.25, 0.3) is 5.91 Å². The van der Waals surface area contributed by atoms with Crippen LogP contribution in [-0.2, 0) is 0 Å². The molecule has 112 valence electrons. The van der Waals surface area contributed by atoms with E-state index in [1.807, 2.05) is 0 Å². The number of hydrazone groups is 1. The summed E-state index contributed by atoms with van der Waals surface area (Å²) in [5.41, 5.74) is 3.40. The number of aromatic hydroxyl groups is 1. The number of phenolic OH excluding ortho intramolecular Hbond substituents is 1. The van der Waals surface area contributed by atoms with Crippen molar-refractivity contribution in [2.45, 2.75) is 6.92 Å². The highest BCUT2D eigenvalue weighted by molar-refractivity contribution is 6.00. The van der Waals surface area contributed by atoms with Crippen LogP contribution in [0.2, 0.25) is 0 Å². The minimum Gasteiger partial charge on any atom is -0.507 e. The summed E-state index contributed by atoms with van der Waals surface area (Å²) in [6.07, 6.45) is 3.16. The van der Waals surface area contributed by atoms with Crippen LogP contribution in [0.1, 0.15) is 22.8 Å². The SMILES string of the molecule is CC(C=Cc1ccccc1F)=NNC(=O)c1ccccc1O. The summed E-state index contributed by atoms with van der Waals surface area (Å²) in [6.45, 7) is 1.67. The molecule has 0 bridgehead atoms. The Morgan fingerprint density at radius 3 is 2.59 bits per heavy atom. The summed E-state index contributed by atoms with van der Waals surface area (Å²) < 4.78 is 13.4. The van der Waals surface area contributed by atoms with E-state index < -0.39 is 5.91 Å². The van der Waals surface area contributed by atoms with E-state index >= 15 is 0 Å². The van der Waals surface area contributed by atoms with Crippen LogP contribution >= 0.6 is 0 Å². The monoisotopic (exact) mass is 298 g/mol. The largest absolute Gasteiger partial charge is 0.507 e. The fraction of sp³-hybridized carbons (Fsp3) is 0.0588. The zero-order valence-corrected chi connectivity index (χ0v) is 12.0. The highest BCUT2D eigenvalue weighted by atomic mass is 19.1. The zero-order valence-electron chi connectivity index (χ0n) is 12.0. The van der Waals surface area contributed by atoms with Gasteiger partial charge in [0.1, 0.15) is 11.6 Å². The molecule has 22 heavy (non-hydrogen) atoms. The molecule has 4 nitrogen and oxygen atoms in total. The number of carbonyl (C=O) groups is 1. The van der Waals surface area contributed by atoms with Gasteiger partial charge in [0, 0.05) is 5.56 Å². The molecular formula is C17H15FN2O2. The molecule has 0 radical (unpaired) electrons. The van der Waals surface area contributed by atoms with Crippen LogP contribution in [-0.4, -0.2) is 16.7 Å². The Balaban J connectivity index is 2.03. The Hall–Kier alpha value is -2.95. The molecule has 0 spiro atoms. The molecule has 2 rings (SSSR count). The minimum atomic E-state index is -0.517. The first-order valence-electron chi connectivity index (χ1n) is 6.63. The molecule has 1 amide bonds. The van der Waals surface area contributed by atoms with Gasteiger partial charge in [-0.1, -0.05) is 36.4 Å². The molecule has 0 saturated carbocycles. The first-order valence-corrected chi connectivity index (χ1v) is 6.63. The molecule has 2 aromatic carbocycles. The van der Waals surface area contributed by atoms with E-state index in [4.69, 9.17) is 0 Å². The van der Waals surface area contributed by atoms with Crippen LogP contribution in [0.5, 0.6) is 5.75 Å². The Bertz CT molecular complexity index is 739. The molecule has 0 saturated heterocycles. The second-order valence-corrected chi connectivity index (χ2v) is 4.57. The number of rotatable bonds is 4. The predicted octanol–water partition coefficient (Wildman–Crippen LogP) is 3.35. The standard InChI is InChI=1S/C17H15FN2O2/c1-12(10-11-13-6-2-4-8-15(13)18)19-20-17(22)14-7-3-5-9-16(14)21/h2-11,21H,1H3,(H,20,22). The van der Waals surface area contributed by atoms with Crippen LogP contribution in [0.15, 0.2) is 59.7 Å². The maximum Gasteiger partial charge on any atom is 0.275 e. The summed E-state index contributed by atoms with van der Waals surface area (Å²) >= 11 is 0. The number of amides is 1. The Morgan fingerprint density at radius 1 is 1.18 bits per heavy atom. The van der Waals surface area contributed by atoms with E-state index in [1.165, 1.54) is 18.2 Å². The van der Waals surface area contributed by atoms with Gasteiger partial charge in [0.2, 0.25) is 0 Å². The lowest BCUT2D eigenvalue weighted by Gasteiger charge is -2.02. The third-order valence-corrected chi connectivity index (χ3v) is 2.89. The zero-order chi connectivity index (χ0) is 15.9. The van der Waals surface area contributed by atoms with Crippen LogP contribution in [0.25, 0.3) is 6.08 Å². The van der Waals surface area contributed by atoms with Gasteiger partial charge in [0.05, 0.1) is 11.3 Å². The van der Waals surface area contributed by atoms with Crippen molar-refractivity contribution in [3.8, 4) is 5.75 Å². The van der Waals surface area contributed by atoms with Gasteiger partial charge >= 0.3 is 0 Å². The van der Waals surface area contributed by atoms with Gasteiger partial charge in [-0.15, -0.1) is 0 Å². The van der Waals surface area contributed by atoms with Crippen molar-refractivity contribution in [1.82, 2.24) is 5.43 Å². The average Bonchev–Trinajstić information content (AvgIpc) is 2.52. The predicted molar refractivity (Wildman–Crippen MR) is 84.1 cm³/mol. The average molecular weight is 298 g/mol. The lowest BCUT2D eigenvalue weighted by atomic mass is 10.2. The third-order valence-electron chi connectivity index (χ3n) is 2.89. The Kier molecular flexibility index (Phi) is 5.03. The second-order valence-electron chi connectivity index (χ2n) is 4.57. The van der Waals surface area contributed by atoms with Gasteiger partial charge < -0.3 is 5.11 Å². The number of allylic oxidation sites excluding steroid dienone is 1. The lowest BCUT2D eigenvalue weighted by molar-refractivity contribution is 0.0952. The van der Waals surface area contributed by atoms with E-state index in [9.17, 15) is 14.3 Å². The fourth-order valence-corrected chi connectivity index (χ4v) is 1.72. The van der Waals surface area contributed by atoms with Crippen molar-refractivity contribution >= 4 is 17.7 Å². The van der Waals surface area contributed by atoms with Crippen molar-refractivity contribution < 1.29 is 14.3 Å². The number of hydrogen-bond donors (Lipinski definition) is 2. The summed E-state index contributed by atoms with van der Waals surface area (Å²) in [5, 5.41) is 13.4. The number of hydrogen-bond acceptors (Lipinski definition) is 3. The third kappa shape index (κ3) is 4.02. The summed E-state index contributed by atoms with van der Waals surface area (Å²) in [5.74, 6) is -0.962. The van der Waals surface area contributed by atoms with Crippen molar-refractivity contribution in [2.75, 3.05) is 0 Å². The van der Waals surface area contributed by atoms with Crippen LogP contribution in [0, 0.1) is 5.82 Å². The molecule has 0 fully saturated rings. The van der Waals surface area contributed by atoms with Crippen molar-refractivity contribution in [3.05, 3.63) is 71.6 Å². The van der Waals surface area contributed by atoms with Crippen molar-refractivity contribution in [2.24, 2.45) is 5.10 Å². The fourth-order valence-electron chi connectivity index (χ4n) is 1.72. The molecule has 2 N–H and O–H groups in total. The van der Waals surface area contributed by atoms with E-state index in [2.05, 4.69) is 10.5 Å². The van der Waals surface area contributed by atoms with Crippen LogP contribution in [0.3, 0.4) is 0 Å². The molecular weight excluding hydrogens is 283 g/mol. The second kappa shape index (κ2) is 7.17. The molecule has 0 aliphatic rings. The van der Waals surface area contributed by atoms with Gasteiger partial charge in [-0.25, -0.2) is 9.82 Å². The van der Waals surface area contributed by atoms with Crippen LogP contribution < -0.4 is 5.43 Å². The number of benzene rings is 2. The van der Waals surface area contributed by atoms with E-state index in [-0.39, 0.29) is 17.1 Å². The lowest BCUT2D eigenvalue weighted by Crippen LogP contribution is -2.18. The first-order chi connectivity index (χ1) is 10.6. The Labute approximate surface area is 127 Å². The van der Waals surface area contributed by atoms with Gasteiger partial charge in [-0.3, -0.25) is 4.79 Å². The summed E-state index contributed by atoms with van der Waals surface area (Å²) in [4.78, 5) is 11.8. The Morgan fingerprint density at radius 2 is 1.86 bits per heavy atom. The number of nitrogens with one attached hydrogen (secondary N) is 1.